The fraction of sp³-hybridized carbons (Fsp3) is 0.111. The highest BCUT2D eigenvalue weighted by Gasteiger charge is 2.14. The summed E-state index contributed by atoms with van der Waals surface area (Å²) < 4.78 is 5.19. The molecule has 0 N–H and O–H groups in total. The lowest BCUT2D eigenvalue weighted by Gasteiger charge is -2.08. The average molecular weight is 161 g/mol. The van der Waals surface area contributed by atoms with Crippen LogP contribution in [0.1, 0.15) is 6.42 Å². The molecule has 0 aromatic rings. The average Bonchev–Trinajstić information content (AvgIpc) is 2.28. The molecule has 3 heteroatoms. The summed E-state index contributed by atoms with van der Waals surface area (Å²) in [7, 11) is 0. The van der Waals surface area contributed by atoms with Gasteiger partial charge in [-0.2, -0.15) is 0 Å². The highest BCUT2D eigenvalue weighted by Crippen LogP contribution is 2.20. The Balaban J connectivity index is 2.36. The van der Waals surface area contributed by atoms with Crippen LogP contribution < -0.4 is 0 Å². The van der Waals surface area contributed by atoms with Crippen LogP contribution in [0.2, 0.25) is 0 Å². The summed E-state index contributed by atoms with van der Waals surface area (Å²) in [5.41, 5.74) is 0.701. The van der Waals surface area contributed by atoms with Crippen LogP contribution in [0.3, 0.4) is 0 Å². The lowest BCUT2D eigenvalue weighted by Crippen LogP contribution is -2.02. The van der Waals surface area contributed by atoms with Gasteiger partial charge in [-0.1, -0.05) is 0 Å². The van der Waals surface area contributed by atoms with Crippen LogP contribution in [-0.2, 0) is 9.53 Å². The summed E-state index contributed by atoms with van der Waals surface area (Å²) >= 11 is 0. The summed E-state index contributed by atoms with van der Waals surface area (Å²) in [5, 5.41) is 0. The molecule has 0 bridgehead atoms. The van der Waals surface area contributed by atoms with Crippen molar-refractivity contribution in [1.82, 2.24) is 0 Å². The van der Waals surface area contributed by atoms with Crippen molar-refractivity contribution in [3.05, 3.63) is 35.9 Å². The number of carbonyl (C=O) groups is 1. The Bertz CT molecular complexity index is 334. The normalized spacial score (nSPS) is 20.5. The number of hydrogen-bond acceptors (Lipinski definition) is 3. The molecule has 0 atom stereocenters. The van der Waals surface area contributed by atoms with E-state index in [0.717, 1.165) is 0 Å². The quantitative estimate of drug-likeness (QED) is 0.537. The van der Waals surface area contributed by atoms with E-state index < -0.39 is 0 Å². The number of nitrogens with zero attached hydrogens (tertiary/aromatic N) is 1. The minimum atomic E-state index is 0.0661. The maximum atomic E-state index is 11.0. The SMILES string of the molecule is O=C1C=CC2=C(C1)N=CC=CO2. The first-order valence-electron chi connectivity index (χ1n) is 3.66. The fourth-order valence-electron chi connectivity index (χ4n) is 1.07. The van der Waals surface area contributed by atoms with Crippen molar-refractivity contribution in [3.8, 4) is 0 Å². The van der Waals surface area contributed by atoms with Crippen LogP contribution in [0.15, 0.2) is 40.9 Å². The van der Waals surface area contributed by atoms with Gasteiger partial charge in [-0.25, -0.2) is 0 Å². The summed E-state index contributed by atoms with van der Waals surface area (Å²) in [6, 6.07) is 0. The van der Waals surface area contributed by atoms with Gasteiger partial charge in [-0.15, -0.1) is 0 Å². The molecule has 1 aliphatic carbocycles. The Morgan fingerprint density at radius 1 is 1.42 bits per heavy atom. The van der Waals surface area contributed by atoms with Crippen LogP contribution in [0.25, 0.3) is 0 Å². The number of ether oxygens (including phenoxy) is 1. The van der Waals surface area contributed by atoms with E-state index in [0.29, 0.717) is 17.9 Å². The molecule has 60 valence electrons. The summed E-state index contributed by atoms with van der Waals surface area (Å²) in [6.07, 6.45) is 8.35. The zero-order chi connectivity index (χ0) is 8.39. The van der Waals surface area contributed by atoms with Crippen molar-refractivity contribution < 1.29 is 9.53 Å². The maximum absolute atomic E-state index is 11.0. The molecule has 0 aromatic carbocycles. The minimum absolute atomic E-state index is 0.0661. The third-order valence-corrected chi connectivity index (χ3v) is 1.64. The van der Waals surface area contributed by atoms with Crippen LogP contribution in [-0.4, -0.2) is 12.0 Å². The topological polar surface area (TPSA) is 38.7 Å². The molecule has 2 aliphatic rings. The van der Waals surface area contributed by atoms with Gasteiger partial charge in [0.25, 0.3) is 0 Å². The molecule has 0 aromatic heterocycles. The van der Waals surface area contributed by atoms with E-state index in [1.165, 1.54) is 6.08 Å². The first-order chi connectivity index (χ1) is 5.86. The zero-order valence-corrected chi connectivity index (χ0v) is 6.36. The van der Waals surface area contributed by atoms with E-state index >= 15 is 0 Å². The van der Waals surface area contributed by atoms with Crippen molar-refractivity contribution in [2.45, 2.75) is 6.42 Å². The maximum Gasteiger partial charge on any atom is 0.161 e. The molecule has 1 aliphatic heterocycles. The Morgan fingerprint density at radius 2 is 2.33 bits per heavy atom. The fourth-order valence-corrected chi connectivity index (χ4v) is 1.07. The van der Waals surface area contributed by atoms with Gasteiger partial charge in [0.2, 0.25) is 0 Å². The van der Waals surface area contributed by atoms with E-state index in [1.807, 2.05) is 0 Å². The monoisotopic (exact) mass is 161 g/mol. The molecule has 0 unspecified atom stereocenters. The minimum Gasteiger partial charge on any atom is -0.463 e. The Labute approximate surface area is 69.7 Å². The highest BCUT2D eigenvalue weighted by molar-refractivity contribution is 5.93. The van der Waals surface area contributed by atoms with Gasteiger partial charge in [0.15, 0.2) is 5.78 Å². The molecule has 0 spiro atoms. The molecule has 0 fully saturated rings. The van der Waals surface area contributed by atoms with E-state index in [9.17, 15) is 4.79 Å². The first kappa shape index (κ1) is 7.03. The van der Waals surface area contributed by atoms with Gasteiger partial charge in [0.05, 0.1) is 18.4 Å². The number of carbonyl (C=O) groups excluding carboxylic acids is 1. The van der Waals surface area contributed by atoms with Gasteiger partial charge in [-0.3, -0.25) is 9.79 Å². The predicted octanol–water partition coefficient (Wildman–Crippen LogP) is 1.34. The van der Waals surface area contributed by atoms with Crippen LogP contribution in [0, 0.1) is 0 Å². The molecule has 0 saturated carbocycles. The summed E-state index contributed by atoms with van der Waals surface area (Å²) in [4.78, 5) is 15.0. The smallest absolute Gasteiger partial charge is 0.161 e. The van der Waals surface area contributed by atoms with E-state index in [-0.39, 0.29) is 5.78 Å². The number of hydrogen-bond donors (Lipinski definition) is 0. The van der Waals surface area contributed by atoms with Crippen molar-refractivity contribution in [3.63, 3.8) is 0 Å². The van der Waals surface area contributed by atoms with Crippen molar-refractivity contribution in [2.24, 2.45) is 4.99 Å². The van der Waals surface area contributed by atoms with Gasteiger partial charge in [0.1, 0.15) is 5.76 Å². The van der Waals surface area contributed by atoms with Crippen LogP contribution in [0.5, 0.6) is 0 Å². The lowest BCUT2D eigenvalue weighted by atomic mass is 10.1. The standard InChI is InChI=1S/C9H7NO2/c11-7-2-3-9-8(6-7)10-4-1-5-12-9/h1-5H,6H2. The van der Waals surface area contributed by atoms with Gasteiger partial charge < -0.3 is 4.74 Å². The number of allylic oxidation sites excluding steroid dienone is 4. The third-order valence-electron chi connectivity index (χ3n) is 1.64. The lowest BCUT2D eigenvalue weighted by molar-refractivity contribution is -0.114. The second-order valence-corrected chi connectivity index (χ2v) is 2.51. The second-order valence-electron chi connectivity index (χ2n) is 2.51. The molecule has 0 saturated heterocycles. The number of aliphatic imine (C=N–C) groups is 1. The zero-order valence-electron chi connectivity index (χ0n) is 6.36. The van der Waals surface area contributed by atoms with Gasteiger partial charge in [-0.05, 0) is 18.2 Å². The van der Waals surface area contributed by atoms with Crippen LogP contribution in [0.4, 0.5) is 0 Å². The number of rotatable bonds is 0. The van der Waals surface area contributed by atoms with Gasteiger partial charge >= 0.3 is 0 Å². The van der Waals surface area contributed by atoms with Crippen molar-refractivity contribution in [1.29, 1.82) is 0 Å². The highest BCUT2D eigenvalue weighted by atomic mass is 16.5. The first-order valence-corrected chi connectivity index (χ1v) is 3.66. The van der Waals surface area contributed by atoms with E-state index in [2.05, 4.69) is 4.99 Å². The van der Waals surface area contributed by atoms with Crippen LogP contribution >= 0.6 is 0 Å². The molecule has 12 heavy (non-hydrogen) atoms. The molecule has 0 amide bonds. The summed E-state index contributed by atoms with van der Waals surface area (Å²) in [5.74, 6) is 0.732. The summed E-state index contributed by atoms with van der Waals surface area (Å²) in [6.45, 7) is 0. The Morgan fingerprint density at radius 3 is 3.25 bits per heavy atom. The molecule has 0 radical (unpaired) electrons. The molecular formula is C9H7NO2. The largest absolute Gasteiger partial charge is 0.463 e. The van der Waals surface area contributed by atoms with Crippen molar-refractivity contribution >= 4 is 12.0 Å². The third kappa shape index (κ3) is 1.21. The Hall–Kier alpha value is -1.64. The van der Waals surface area contributed by atoms with Crippen molar-refractivity contribution in [2.75, 3.05) is 0 Å². The van der Waals surface area contributed by atoms with E-state index in [1.54, 1.807) is 24.6 Å². The van der Waals surface area contributed by atoms with E-state index in [4.69, 9.17) is 4.74 Å². The predicted molar refractivity (Wildman–Crippen MR) is 44.5 cm³/mol. The molecular weight excluding hydrogens is 154 g/mol. The Kier molecular flexibility index (Phi) is 1.63. The molecule has 2 rings (SSSR count). The number of ketones is 1. The second kappa shape index (κ2) is 2.77. The molecule has 1 heterocycles. The molecule has 3 nitrogen and oxygen atoms in total. The van der Waals surface area contributed by atoms with Gasteiger partial charge in [0, 0.05) is 6.21 Å².